The van der Waals surface area contributed by atoms with E-state index in [2.05, 4.69) is 40.0 Å². The molecule has 0 aliphatic carbocycles. The van der Waals surface area contributed by atoms with Gasteiger partial charge in [0, 0.05) is 23.6 Å². The monoisotopic (exact) mass is 329 g/mol. The Morgan fingerprint density at radius 1 is 1.37 bits per heavy atom. The van der Waals surface area contributed by atoms with Gasteiger partial charge in [0.1, 0.15) is 5.69 Å². The summed E-state index contributed by atoms with van der Waals surface area (Å²) < 4.78 is 0.835. The smallest absolute Gasteiger partial charge is 0.292 e. The van der Waals surface area contributed by atoms with Gasteiger partial charge in [-0.2, -0.15) is 0 Å². The number of benzene rings is 1. The molecule has 0 bridgehead atoms. The van der Waals surface area contributed by atoms with Crippen LogP contribution in [0.1, 0.15) is 20.3 Å². The van der Waals surface area contributed by atoms with Crippen molar-refractivity contribution in [1.29, 1.82) is 0 Å². The van der Waals surface area contributed by atoms with Crippen LogP contribution in [0.3, 0.4) is 0 Å². The summed E-state index contributed by atoms with van der Waals surface area (Å²) in [5, 5.41) is 14.1. The number of nitro groups is 1. The minimum atomic E-state index is -0.363. The zero-order valence-electron chi connectivity index (χ0n) is 11.4. The van der Waals surface area contributed by atoms with E-state index in [0.29, 0.717) is 12.2 Å². The number of likely N-dealkylation sites (N-methyl/N-ethyl adjacent to an activating group) is 1. The number of nitrogens with one attached hydrogen (secondary N) is 1. The first-order valence-corrected chi connectivity index (χ1v) is 7.28. The predicted octanol–water partition coefficient (Wildman–Crippen LogP) is 3.50. The zero-order chi connectivity index (χ0) is 14.3. The second-order valence-corrected chi connectivity index (χ2v) is 5.20. The van der Waals surface area contributed by atoms with E-state index in [1.165, 1.54) is 6.07 Å². The average Bonchev–Trinajstić information content (AvgIpc) is 2.37. The Balaban J connectivity index is 2.61. The molecule has 0 radical (unpaired) electrons. The van der Waals surface area contributed by atoms with Gasteiger partial charge in [0.15, 0.2) is 0 Å². The van der Waals surface area contributed by atoms with Crippen molar-refractivity contribution in [1.82, 2.24) is 4.90 Å². The minimum Gasteiger partial charge on any atom is -0.378 e. The Bertz CT molecular complexity index is 426. The van der Waals surface area contributed by atoms with E-state index >= 15 is 0 Å². The fourth-order valence-electron chi connectivity index (χ4n) is 1.90. The van der Waals surface area contributed by atoms with E-state index in [0.717, 1.165) is 30.5 Å². The van der Waals surface area contributed by atoms with Crippen LogP contribution in [-0.4, -0.2) is 36.0 Å². The van der Waals surface area contributed by atoms with Gasteiger partial charge < -0.3 is 10.2 Å². The summed E-state index contributed by atoms with van der Waals surface area (Å²) in [6.45, 7) is 7.90. The number of nitrogens with zero attached hydrogens (tertiary/aromatic N) is 2. The van der Waals surface area contributed by atoms with Crippen molar-refractivity contribution in [3.8, 4) is 0 Å². The second kappa shape index (κ2) is 8.12. The van der Waals surface area contributed by atoms with E-state index in [4.69, 9.17) is 0 Å². The highest BCUT2D eigenvalue weighted by Crippen LogP contribution is 2.27. The Kier molecular flexibility index (Phi) is 6.80. The third-order valence-electron chi connectivity index (χ3n) is 2.89. The standard InChI is InChI=1S/C13H20BrN3O2/c1-3-8-16(4-2)9-7-15-12-10-11(14)5-6-13(12)17(18)19/h5-6,10,15H,3-4,7-9H2,1-2H3. The zero-order valence-corrected chi connectivity index (χ0v) is 12.9. The molecular formula is C13H20BrN3O2. The molecule has 1 aromatic carbocycles. The summed E-state index contributed by atoms with van der Waals surface area (Å²) in [5.41, 5.74) is 0.675. The van der Waals surface area contributed by atoms with Crippen molar-refractivity contribution in [2.24, 2.45) is 0 Å². The molecule has 0 unspecified atom stereocenters. The molecule has 1 rings (SSSR count). The molecule has 0 saturated carbocycles. The number of nitro benzene ring substituents is 1. The minimum absolute atomic E-state index is 0.113. The molecule has 0 atom stereocenters. The molecule has 0 aliphatic heterocycles. The Morgan fingerprint density at radius 3 is 2.68 bits per heavy atom. The Hall–Kier alpha value is -1.14. The summed E-state index contributed by atoms with van der Waals surface area (Å²) in [7, 11) is 0. The largest absolute Gasteiger partial charge is 0.378 e. The van der Waals surface area contributed by atoms with Crippen molar-refractivity contribution in [3.05, 3.63) is 32.8 Å². The van der Waals surface area contributed by atoms with Gasteiger partial charge in [0.2, 0.25) is 0 Å². The van der Waals surface area contributed by atoms with Crippen LogP contribution in [0.15, 0.2) is 22.7 Å². The van der Waals surface area contributed by atoms with Gasteiger partial charge in [-0.25, -0.2) is 0 Å². The van der Waals surface area contributed by atoms with E-state index < -0.39 is 0 Å². The van der Waals surface area contributed by atoms with Crippen LogP contribution >= 0.6 is 15.9 Å². The third-order valence-corrected chi connectivity index (χ3v) is 3.38. The van der Waals surface area contributed by atoms with Crippen molar-refractivity contribution >= 4 is 27.3 Å². The molecule has 6 heteroatoms. The van der Waals surface area contributed by atoms with Crippen LogP contribution in [-0.2, 0) is 0 Å². The molecule has 0 aromatic heterocycles. The lowest BCUT2D eigenvalue weighted by atomic mass is 10.2. The van der Waals surface area contributed by atoms with Gasteiger partial charge in [-0.05, 0) is 31.6 Å². The van der Waals surface area contributed by atoms with Gasteiger partial charge in [0.05, 0.1) is 4.92 Å². The fourth-order valence-corrected chi connectivity index (χ4v) is 2.26. The topological polar surface area (TPSA) is 58.4 Å². The number of hydrogen-bond donors (Lipinski definition) is 1. The summed E-state index contributed by atoms with van der Waals surface area (Å²) in [6.07, 6.45) is 1.12. The highest BCUT2D eigenvalue weighted by molar-refractivity contribution is 9.10. The van der Waals surface area contributed by atoms with Crippen LogP contribution in [0.25, 0.3) is 0 Å². The molecule has 5 nitrogen and oxygen atoms in total. The van der Waals surface area contributed by atoms with Crippen molar-refractivity contribution < 1.29 is 4.92 Å². The van der Waals surface area contributed by atoms with E-state index in [1.807, 2.05) is 0 Å². The van der Waals surface area contributed by atoms with Crippen LogP contribution in [0.4, 0.5) is 11.4 Å². The Morgan fingerprint density at radius 2 is 2.11 bits per heavy atom. The number of halogens is 1. The molecule has 1 N–H and O–H groups in total. The first-order valence-electron chi connectivity index (χ1n) is 6.48. The lowest BCUT2D eigenvalue weighted by Crippen LogP contribution is -2.29. The average molecular weight is 330 g/mol. The predicted molar refractivity (Wildman–Crippen MR) is 81.7 cm³/mol. The van der Waals surface area contributed by atoms with Crippen LogP contribution in [0.5, 0.6) is 0 Å². The van der Waals surface area contributed by atoms with Crippen molar-refractivity contribution in [3.63, 3.8) is 0 Å². The van der Waals surface area contributed by atoms with Gasteiger partial charge in [-0.3, -0.25) is 10.1 Å². The number of rotatable bonds is 8. The van der Waals surface area contributed by atoms with Crippen LogP contribution < -0.4 is 5.32 Å². The molecule has 0 heterocycles. The van der Waals surface area contributed by atoms with Crippen LogP contribution in [0, 0.1) is 10.1 Å². The summed E-state index contributed by atoms with van der Waals surface area (Å²) in [5.74, 6) is 0. The SMILES string of the molecule is CCCN(CC)CCNc1cc(Br)ccc1[N+](=O)[O-]. The maximum absolute atomic E-state index is 10.9. The second-order valence-electron chi connectivity index (χ2n) is 4.28. The fraction of sp³-hybridized carbons (Fsp3) is 0.538. The molecule has 106 valence electrons. The van der Waals surface area contributed by atoms with Gasteiger partial charge >= 0.3 is 0 Å². The van der Waals surface area contributed by atoms with Gasteiger partial charge in [0.25, 0.3) is 5.69 Å². The summed E-state index contributed by atoms with van der Waals surface area (Å²) in [4.78, 5) is 12.9. The highest BCUT2D eigenvalue weighted by Gasteiger charge is 2.13. The molecule has 0 spiro atoms. The molecular weight excluding hydrogens is 310 g/mol. The van der Waals surface area contributed by atoms with Gasteiger partial charge in [-0.1, -0.05) is 29.8 Å². The number of hydrogen-bond acceptors (Lipinski definition) is 4. The lowest BCUT2D eigenvalue weighted by molar-refractivity contribution is -0.384. The third kappa shape index (κ3) is 5.16. The normalized spacial score (nSPS) is 10.7. The van der Waals surface area contributed by atoms with Crippen molar-refractivity contribution in [2.75, 3.05) is 31.5 Å². The van der Waals surface area contributed by atoms with E-state index in [-0.39, 0.29) is 10.6 Å². The van der Waals surface area contributed by atoms with E-state index in [1.54, 1.807) is 12.1 Å². The number of anilines is 1. The quantitative estimate of drug-likeness (QED) is 0.585. The first-order chi connectivity index (χ1) is 9.08. The maximum atomic E-state index is 10.9. The summed E-state index contributed by atoms with van der Waals surface area (Å²) >= 11 is 3.33. The first kappa shape index (κ1) is 15.9. The summed E-state index contributed by atoms with van der Waals surface area (Å²) in [6, 6.07) is 4.93. The molecule has 0 aliphatic rings. The molecule has 1 aromatic rings. The molecule has 0 saturated heterocycles. The molecule has 0 fully saturated rings. The highest BCUT2D eigenvalue weighted by atomic mass is 79.9. The maximum Gasteiger partial charge on any atom is 0.292 e. The molecule has 19 heavy (non-hydrogen) atoms. The van der Waals surface area contributed by atoms with Gasteiger partial charge in [-0.15, -0.1) is 0 Å². The lowest BCUT2D eigenvalue weighted by Gasteiger charge is -2.19. The molecule has 0 amide bonds. The Labute approximate surface area is 122 Å². The van der Waals surface area contributed by atoms with E-state index in [9.17, 15) is 10.1 Å². The van der Waals surface area contributed by atoms with Crippen molar-refractivity contribution in [2.45, 2.75) is 20.3 Å². The van der Waals surface area contributed by atoms with Crippen LogP contribution in [0.2, 0.25) is 0 Å².